The molecule has 2 saturated heterocycles. The molecule has 0 radical (unpaired) electrons. The number of methoxy groups -OCH3 is 2. The first-order chi connectivity index (χ1) is 19.9. The summed E-state index contributed by atoms with van der Waals surface area (Å²) in [6.45, 7) is 6.84. The Morgan fingerprint density at radius 1 is 1.12 bits per heavy atom. The van der Waals surface area contributed by atoms with E-state index in [1.165, 1.54) is 11.8 Å². The van der Waals surface area contributed by atoms with Crippen LogP contribution in [0, 0.1) is 0 Å². The van der Waals surface area contributed by atoms with Crippen LogP contribution in [-0.4, -0.2) is 77.6 Å². The monoisotopic (exact) mass is 572 g/mol. The van der Waals surface area contributed by atoms with Gasteiger partial charge in [0.15, 0.2) is 0 Å². The Bertz CT molecular complexity index is 1460. The van der Waals surface area contributed by atoms with Crippen molar-refractivity contribution in [2.24, 2.45) is 4.99 Å². The van der Waals surface area contributed by atoms with E-state index in [0.29, 0.717) is 51.3 Å². The van der Waals surface area contributed by atoms with Gasteiger partial charge in [-0.1, -0.05) is 55.1 Å². The predicted molar refractivity (Wildman–Crippen MR) is 161 cm³/mol. The van der Waals surface area contributed by atoms with Gasteiger partial charge in [0.1, 0.15) is 16.5 Å². The van der Waals surface area contributed by atoms with Crippen molar-refractivity contribution in [1.29, 1.82) is 0 Å². The molecule has 214 valence electrons. The summed E-state index contributed by atoms with van der Waals surface area (Å²) in [5.41, 5.74) is 4.52. The molecule has 4 aliphatic heterocycles. The van der Waals surface area contributed by atoms with E-state index in [0.717, 1.165) is 38.8 Å². The number of nitrogens with zero attached hydrogens (tertiary/aromatic N) is 4. The minimum absolute atomic E-state index is 0.0227. The Balaban J connectivity index is 1.23. The van der Waals surface area contributed by atoms with Crippen LogP contribution in [0.1, 0.15) is 49.3 Å². The zero-order valence-corrected chi connectivity index (χ0v) is 24.9. The first kappa shape index (κ1) is 27.4. The number of urea groups is 1. The number of rotatable bonds is 5. The third-order valence-electron chi connectivity index (χ3n) is 8.79. The lowest BCUT2D eigenvalue weighted by atomic mass is 9.82. The van der Waals surface area contributed by atoms with Crippen molar-refractivity contribution in [3.8, 4) is 11.5 Å². The summed E-state index contributed by atoms with van der Waals surface area (Å²) in [6, 6.07) is 14.0. The smallest absolute Gasteiger partial charge is 0.325 e. The number of aliphatic imine (C=N–C) groups is 1. The van der Waals surface area contributed by atoms with Crippen molar-refractivity contribution in [2.75, 3.05) is 40.4 Å². The Morgan fingerprint density at radius 3 is 2.51 bits per heavy atom. The summed E-state index contributed by atoms with van der Waals surface area (Å²) < 4.78 is 11.3. The van der Waals surface area contributed by atoms with Crippen molar-refractivity contribution in [3.05, 3.63) is 81.9 Å². The minimum atomic E-state index is -0.440. The summed E-state index contributed by atoms with van der Waals surface area (Å²) in [6.07, 6.45) is 3.64. The van der Waals surface area contributed by atoms with Crippen molar-refractivity contribution in [3.63, 3.8) is 0 Å². The van der Waals surface area contributed by atoms with Crippen molar-refractivity contribution >= 4 is 28.7 Å². The fraction of sp³-hybridized carbons (Fsp3) is 0.406. The predicted octanol–water partition coefficient (Wildman–Crippen LogP) is 5.40. The largest absolute Gasteiger partial charge is 0.497 e. The van der Waals surface area contributed by atoms with Crippen LogP contribution in [0.3, 0.4) is 0 Å². The fourth-order valence-electron chi connectivity index (χ4n) is 6.76. The summed E-state index contributed by atoms with van der Waals surface area (Å²) in [7, 11) is 3.32. The number of thioether (sulfide) groups is 1. The van der Waals surface area contributed by atoms with E-state index in [-0.39, 0.29) is 17.9 Å². The normalized spacial score (nSPS) is 21.5. The lowest BCUT2D eigenvalue weighted by Crippen LogP contribution is -2.55. The van der Waals surface area contributed by atoms with Gasteiger partial charge in [0.25, 0.3) is 5.91 Å². The third-order valence-corrected chi connectivity index (χ3v) is 9.78. The van der Waals surface area contributed by atoms with Crippen LogP contribution in [0.15, 0.2) is 70.2 Å². The number of carbonyl (C=O) groups is 2. The van der Waals surface area contributed by atoms with Gasteiger partial charge in [-0.2, -0.15) is 0 Å². The van der Waals surface area contributed by atoms with E-state index >= 15 is 0 Å². The molecule has 3 amide bonds. The lowest BCUT2D eigenvalue weighted by molar-refractivity contribution is -0.129. The van der Waals surface area contributed by atoms with Crippen LogP contribution >= 0.6 is 11.8 Å². The molecule has 2 aromatic carbocycles. The molecule has 1 spiro atoms. The maximum atomic E-state index is 13.9. The van der Waals surface area contributed by atoms with E-state index in [9.17, 15) is 9.59 Å². The molecule has 0 bridgehead atoms. The van der Waals surface area contributed by atoms with Gasteiger partial charge in [-0.15, -0.1) is 0 Å². The molecule has 2 fully saturated rings. The third kappa shape index (κ3) is 4.60. The van der Waals surface area contributed by atoms with Crippen molar-refractivity contribution in [1.82, 2.24) is 14.7 Å². The number of allylic oxidation sites excluding steroid dienone is 1. The molecular formula is C32H36N4O4S. The number of carbonyl (C=O) groups excluding carboxylic acids is 2. The van der Waals surface area contributed by atoms with Crippen LogP contribution in [0.25, 0.3) is 0 Å². The SMILES string of the molecule is CCN1C(=O)N2Cc3cc(OC)cc(OC)c3[C@@H](C)C=C2C12CCN(C(=O)C1=CSC(c3ccccc3)=NC1)CC2. The second kappa shape index (κ2) is 10.9. The van der Waals surface area contributed by atoms with Gasteiger partial charge in [0.2, 0.25) is 0 Å². The summed E-state index contributed by atoms with van der Waals surface area (Å²) >= 11 is 1.51. The molecule has 0 aromatic heterocycles. The molecule has 1 atom stereocenters. The number of hydrogen-bond acceptors (Lipinski definition) is 6. The lowest BCUT2D eigenvalue weighted by Gasteiger charge is -2.44. The average molecular weight is 573 g/mol. The molecule has 4 heterocycles. The molecule has 9 heteroatoms. The van der Waals surface area contributed by atoms with Crippen LogP contribution in [0.5, 0.6) is 11.5 Å². The number of piperidine rings is 1. The molecule has 0 aliphatic carbocycles. The number of likely N-dealkylation sites (N-methyl/N-ethyl adjacent to an activating group) is 1. The van der Waals surface area contributed by atoms with E-state index in [1.54, 1.807) is 14.2 Å². The highest BCUT2D eigenvalue weighted by Crippen LogP contribution is 2.49. The molecule has 41 heavy (non-hydrogen) atoms. The summed E-state index contributed by atoms with van der Waals surface area (Å²) in [4.78, 5) is 38.0. The second-order valence-corrected chi connectivity index (χ2v) is 11.8. The van der Waals surface area contributed by atoms with Gasteiger partial charge in [0, 0.05) is 54.0 Å². The zero-order valence-electron chi connectivity index (χ0n) is 24.1. The molecule has 0 N–H and O–H groups in total. The Labute approximate surface area is 245 Å². The zero-order chi connectivity index (χ0) is 28.7. The first-order valence-corrected chi connectivity index (χ1v) is 15.1. The molecule has 0 saturated carbocycles. The van der Waals surface area contributed by atoms with Crippen LogP contribution in [-0.2, 0) is 11.3 Å². The fourth-order valence-corrected chi connectivity index (χ4v) is 7.60. The second-order valence-electron chi connectivity index (χ2n) is 10.9. The summed E-state index contributed by atoms with van der Waals surface area (Å²) in [5, 5.41) is 2.89. The van der Waals surface area contributed by atoms with Crippen molar-refractivity contribution < 1.29 is 19.1 Å². The van der Waals surface area contributed by atoms with Crippen LogP contribution in [0.2, 0.25) is 0 Å². The number of hydrogen-bond donors (Lipinski definition) is 0. The van der Waals surface area contributed by atoms with E-state index < -0.39 is 5.54 Å². The Kier molecular flexibility index (Phi) is 7.32. The first-order valence-electron chi connectivity index (χ1n) is 14.2. The van der Waals surface area contributed by atoms with E-state index in [1.807, 2.05) is 69.5 Å². The quantitative estimate of drug-likeness (QED) is 0.480. The maximum absolute atomic E-state index is 13.9. The van der Waals surface area contributed by atoms with Gasteiger partial charge in [-0.25, -0.2) is 4.79 Å². The van der Waals surface area contributed by atoms with Crippen molar-refractivity contribution in [2.45, 2.75) is 44.7 Å². The number of benzene rings is 2. The molecule has 2 aromatic rings. The molecule has 0 unspecified atom stereocenters. The molecule has 8 nitrogen and oxygen atoms in total. The average Bonchev–Trinajstić information content (AvgIpc) is 3.11. The van der Waals surface area contributed by atoms with Crippen LogP contribution < -0.4 is 9.47 Å². The highest BCUT2D eigenvalue weighted by molar-refractivity contribution is 8.17. The van der Waals surface area contributed by atoms with Gasteiger partial charge in [-0.05, 0) is 36.8 Å². The Hall–Kier alpha value is -3.72. The van der Waals surface area contributed by atoms with E-state index in [4.69, 9.17) is 14.5 Å². The number of fused-ring (bicyclic) bond motifs is 3. The highest BCUT2D eigenvalue weighted by atomic mass is 32.2. The number of ether oxygens (including phenoxy) is 2. The number of amides is 3. The summed E-state index contributed by atoms with van der Waals surface area (Å²) in [5.74, 6) is 1.58. The Morgan fingerprint density at radius 2 is 1.88 bits per heavy atom. The standard InChI is InChI=1S/C32H36N4O4S/c1-5-36-31(38)35-19-23-16-25(39-3)17-26(40-4)28(23)21(2)15-27(35)32(36)11-13-34(14-12-32)30(37)24-18-33-29(41-20-24)22-9-7-6-8-10-22/h6-10,15-17,20-21H,5,11-14,18-19H2,1-4H3/t21-/m0/s1. The highest BCUT2D eigenvalue weighted by Gasteiger charge is 2.55. The number of likely N-dealkylation sites (tertiary alicyclic amines) is 1. The van der Waals surface area contributed by atoms with Gasteiger partial charge in [0.05, 0.1) is 32.8 Å². The van der Waals surface area contributed by atoms with Gasteiger partial charge in [-0.3, -0.25) is 14.7 Å². The topological polar surface area (TPSA) is 74.7 Å². The maximum Gasteiger partial charge on any atom is 0.325 e. The van der Waals surface area contributed by atoms with Crippen LogP contribution in [0.4, 0.5) is 4.79 Å². The molecule has 4 aliphatic rings. The molecular weight excluding hydrogens is 536 g/mol. The van der Waals surface area contributed by atoms with Gasteiger partial charge >= 0.3 is 6.03 Å². The van der Waals surface area contributed by atoms with Gasteiger partial charge < -0.3 is 19.3 Å². The minimum Gasteiger partial charge on any atom is -0.497 e. The molecule has 6 rings (SSSR count). The van der Waals surface area contributed by atoms with E-state index in [2.05, 4.69) is 13.0 Å².